The van der Waals surface area contributed by atoms with Crippen molar-refractivity contribution in [2.45, 2.75) is 11.3 Å². The number of anilines is 2. The molecule has 7 nitrogen and oxygen atoms in total. The molecule has 1 aromatic heterocycles. The summed E-state index contributed by atoms with van der Waals surface area (Å²) >= 11 is 6.65. The predicted octanol–water partition coefficient (Wildman–Crippen LogP) is 3.58. The van der Waals surface area contributed by atoms with E-state index in [0.717, 1.165) is 21.2 Å². The Kier molecular flexibility index (Phi) is 5.45. The molecule has 0 aliphatic rings. The molecule has 0 aliphatic carbocycles. The smallest absolute Gasteiger partial charge is 0.293 e. The van der Waals surface area contributed by atoms with Crippen LogP contribution in [0.4, 0.5) is 10.8 Å². The van der Waals surface area contributed by atoms with Gasteiger partial charge in [0.05, 0.1) is 5.69 Å². The van der Waals surface area contributed by atoms with E-state index in [1.54, 1.807) is 36.4 Å². The second-order valence-corrected chi connectivity index (χ2v) is 9.21. The molecular weight excluding hydrogens is 408 g/mol. The molecule has 0 unspecified atom stereocenters. The largest absolute Gasteiger partial charge is 0.296 e. The first kappa shape index (κ1) is 19.3. The first-order valence-corrected chi connectivity index (χ1v) is 10.4. The third kappa shape index (κ3) is 4.26. The van der Waals surface area contributed by atoms with Gasteiger partial charge in [0.25, 0.3) is 20.3 Å². The van der Waals surface area contributed by atoms with Crippen LogP contribution in [-0.4, -0.2) is 31.6 Å². The standard InChI is InChI=1S/C17H15ClN4O3S2/c1-11-5-3-8-14(9-11)22(2)27(24,25)17-21-20-16(26-17)19-15(23)12-6-4-7-13(18)10-12/h3-10H,1-2H3,(H,19,20,23). The van der Waals surface area contributed by atoms with Crippen LogP contribution in [-0.2, 0) is 10.0 Å². The molecule has 0 radical (unpaired) electrons. The second-order valence-electron chi connectivity index (χ2n) is 5.65. The second kappa shape index (κ2) is 7.63. The highest BCUT2D eigenvalue weighted by Crippen LogP contribution is 2.27. The topological polar surface area (TPSA) is 92.3 Å². The third-order valence-corrected chi connectivity index (χ3v) is 6.87. The molecule has 3 rings (SSSR count). The number of amides is 1. The molecule has 2 aromatic carbocycles. The van der Waals surface area contributed by atoms with E-state index in [-0.39, 0.29) is 9.47 Å². The van der Waals surface area contributed by atoms with E-state index in [2.05, 4.69) is 15.5 Å². The summed E-state index contributed by atoms with van der Waals surface area (Å²) in [4.78, 5) is 12.2. The lowest BCUT2D eigenvalue weighted by molar-refractivity contribution is 0.102. The third-order valence-electron chi connectivity index (χ3n) is 3.66. The fraction of sp³-hybridized carbons (Fsp3) is 0.118. The zero-order valence-electron chi connectivity index (χ0n) is 14.4. The van der Waals surface area contributed by atoms with Gasteiger partial charge in [-0.1, -0.05) is 41.1 Å². The fourth-order valence-corrected chi connectivity index (χ4v) is 4.67. The Labute approximate surface area is 165 Å². The maximum absolute atomic E-state index is 12.8. The number of carbonyl (C=O) groups excluding carboxylic acids is 1. The van der Waals surface area contributed by atoms with Crippen LogP contribution >= 0.6 is 22.9 Å². The molecule has 1 N–H and O–H groups in total. The van der Waals surface area contributed by atoms with E-state index in [1.807, 2.05) is 13.0 Å². The van der Waals surface area contributed by atoms with Crippen LogP contribution in [0.5, 0.6) is 0 Å². The van der Waals surface area contributed by atoms with Crippen molar-refractivity contribution in [2.75, 3.05) is 16.7 Å². The molecule has 0 saturated carbocycles. The van der Waals surface area contributed by atoms with Crippen LogP contribution in [0.1, 0.15) is 15.9 Å². The summed E-state index contributed by atoms with van der Waals surface area (Å²) in [6, 6.07) is 13.5. The lowest BCUT2D eigenvalue weighted by Crippen LogP contribution is -2.26. The number of sulfonamides is 1. The molecule has 10 heteroatoms. The van der Waals surface area contributed by atoms with Gasteiger partial charge >= 0.3 is 0 Å². The van der Waals surface area contributed by atoms with Crippen LogP contribution in [0.2, 0.25) is 5.02 Å². The van der Waals surface area contributed by atoms with Gasteiger partial charge in [-0.25, -0.2) is 0 Å². The van der Waals surface area contributed by atoms with Crippen molar-refractivity contribution in [3.63, 3.8) is 0 Å². The zero-order chi connectivity index (χ0) is 19.6. The number of aryl methyl sites for hydroxylation is 1. The minimum atomic E-state index is -3.89. The maximum Gasteiger partial charge on any atom is 0.293 e. The van der Waals surface area contributed by atoms with Crippen molar-refractivity contribution < 1.29 is 13.2 Å². The van der Waals surface area contributed by atoms with E-state index < -0.39 is 15.9 Å². The molecule has 3 aromatic rings. The Balaban J connectivity index is 1.81. The van der Waals surface area contributed by atoms with Gasteiger partial charge in [0.1, 0.15) is 0 Å². The Bertz CT molecular complexity index is 1100. The van der Waals surface area contributed by atoms with Crippen LogP contribution < -0.4 is 9.62 Å². The number of nitrogens with one attached hydrogen (secondary N) is 1. The van der Waals surface area contributed by atoms with Crippen molar-refractivity contribution in [1.29, 1.82) is 0 Å². The molecule has 0 spiro atoms. The van der Waals surface area contributed by atoms with Crippen molar-refractivity contribution in [3.05, 3.63) is 64.7 Å². The lowest BCUT2D eigenvalue weighted by atomic mass is 10.2. The van der Waals surface area contributed by atoms with E-state index >= 15 is 0 Å². The van der Waals surface area contributed by atoms with Crippen molar-refractivity contribution in [3.8, 4) is 0 Å². The van der Waals surface area contributed by atoms with Crippen LogP contribution in [0.25, 0.3) is 0 Å². The molecule has 0 aliphatic heterocycles. The van der Waals surface area contributed by atoms with Gasteiger partial charge in [-0.15, -0.1) is 10.2 Å². The van der Waals surface area contributed by atoms with Gasteiger partial charge in [-0.3, -0.25) is 14.4 Å². The summed E-state index contributed by atoms with van der Waals surface area (Å²) in [5.74, 6) is -0.454. The zero-order valence-corrected chi connectivity index (χ0v) is 16.8. The highest BCUT2D eigenvalue weighted by atomic mass is 35.5. The average molecular weight is 423 g/mol. The van der Waals surface area contributed by atoms with Crippen LogP contribution in [0.15, 0.2) is 52.9 Å². The number of hydrogen-bond donors (Lipinski definition) is 1. The number of rotatable bonds is 5. The quantitative estimate of drug-likeness (QED) is 0.634. The monoisotopic (exact) mass is 422 g/mol. The first-order valence-electron chi connectivity index (χ1n) is 7.73. The Morgan fingerprint density at radius 3 is 2.59 bits per heavy atom. The van der Waals surface area contributed by atoms with Gasteiger partial charge in [0.15, 0.2) is 0 Å². The normalized spacial score (nSPS) is 11.2. The Morgan fingerprint density at radius 2 is 1.89 bits per heavy atom. The molecule has 1 heterocycles. The first-order chi connectivity index (χ1) is 12.8. The van der Waals surface area contributed by atoms with Gasteiger partial charge in [0.2, 0.25) is 5.13 Å². The van der Waals surface area contributed by atoms with E-state index in [1.165, 1.54) is 13.1 Å². The van der Waals surface area contributed by atoms with E-state index in [9.17, 15) is 13.2 Å². The maximum atomic E-state index is 12.8. The van der Waals surface area contributed by atoms with Crippen LogP contribution in [0, 0.1) is 6.92 Å². The minimum Gasteiger partial charge on any atom is -0.296 e. The molecule has 0 saturated heterocycles. The number of benzene rings is 2. The predicted molar refractivity (Wildman–Crippen MR) is 106 cm³/mol. The molecule has 140 valence electrons. The van der Waals surface area contributed by atoms with E-state index in [4.69, 9.17) is 11.6 Å². The van der Waals surface area contributed by atoms with Crippen molar-refractivity contribution in [2.24, 2.45) is 0 Å². The van der Waals surface area contributed by atoms with E-state index in [0.29, 0.717) is 16.3 Å². The molecule has 0 bridgehead atoms. The number of carbonyl (C=O) groups is 1. The van der Waals surface area contributed by atoms with Gasteiger partial charge in [0, 0.05) is 17.6 Å². The Hall–Kier alpha value is -2.49. The van der Waals surface area contributed by atoms with Gasteiger partial charge in [-0.2, -0.15) is 8.42 Å². The molecule has 0 atom stereocenters. The number of aromatic nitrogens is 2. The van der Waals surface area contributed by atoms with Gasteiger partial charge < -0.3 is 0 Å². The average Bonchev–Trinajstić information content (AvgIpc) is 3.10. The highest BCUT2D eigenvalue weighted by molar-refractivity contribution is 7.94. The molecule has 0 fully saturated rings. The highest BCUT2D eigenvalue weighted by Gasteiger charge is 2.26. The van der Waals surface area contributed by atoms with Gasteiger partial charge in [-0.05, 0) is 42.8 Å². The summed E-state index contributed by atoms with van der Waals surface area (Å²) < 4.78 is 26.4. The number of nitrogens with zero attached hydrogens (tertiary/aromatic N) is 3. The summed E-state index contributed by atoms with van der Waals surface area (Å²) in [7, 11) is -2.45. The number of hydrogen-bond acceptors (Lipinski definition) is 6. The summed E-state index contributed by atoms with van der Waals surface area (Å²) in [5, 5.41) is 10.5. The van der Waals surface area contributed by atoms with Crippen molar-refractivity contribution >= 4 is 49.7 Å². The summed E-state index contributed by atoms with van der Waals surface area (Å²) in [6.07, 6.45) is 0. The Morgan fingerprint density at radius 1 is 1.15 bits per heavy atom. The molecular formula is C17H15ClN4O3S2. The SMILES string of the molecule is Cc1cccc(N(C)S(=O)(=O)c2nnc(NC(=O)c3cccc(Cl)c3)s2)c1. The van der Waals surface area contributed by atoms with Crippen molar-refractivity contribution in [1.82, 2.24) is 10.2 Å². The fourth-order valence-electron chi connectivity index (χ4n) is 2.24. The van der Waals surface area contributed by atoms with Crippen LogP contribution in [0.3, 0.4) is 0 Å². The lowest BCUT2D eigenvalue weighted by Gasteiger charge is -2.17. The summed E-state index contributed by atoms with van der Waals surface area (Å²) in [6.45, 7) is 1.87. The molecule has 1 amide bonds. The minimum absolute atomic E-state index is 0.0798. The molecule has 27 heavy (non-hydrogen) atoms. The number of halogens is 1. The summed E-state index contributed by atoms with van der Waals surface area (Å²) in [5.41, 5.74) is 1.77.